The second kappa shape index (κ2) is 4.81. The van der Waals surface area contributed by atoms with Crippen LogP contribution in [-0.2, 0) is 9.53 Å². The molecule has 0 aromatic rings. The predicted octanol–water partition coefficient (Wildman–Crippen LogP) is 4.74. The van der Waals surface area contributed by atoms with E-state index in [1.807, 2.05) is 0 Å². The van der Waals surface area contributed by atoms with Gasteiger partial charge in [-0.1, -0.05) is 18.6 Å². The smallest absolute Gasteiger partial charge is 0.139 e. The average Bonchev–Trinajstić information content (AvgIpc) is 3.12. The molecule has 0 amide bonds. The minimum atomic E-state index is -0.0450. The van der Waals surface area contributed by atoms with Crippen LogP contribution in [0.3, 0.4) is 0 Å². The summed E-state index contributed by atoms with van der Waals surface area (Å²) >= 11 is 0. The van der Waals surface area contributed by atoms with Gasteiger partial charge in [0.1, 0.15) is 5.78 Å². The van der Waals surface area contributed by atoms with Gasteiger partial charge >= 0.3 is 0 Å². The number of hydrogen-bond donors (Lipinski definition) is 0. The van der Waals surface area contributed by atoms with Gasteiger partial charge in [0.15, 0.2) is 0 Å². The minimum Gasteiger partial charge on any atom is -0.375 e. The molecular weight excluding hydrogens is 284 g/mol. The van der Waals surface area contributed by atoms with Crippen LogP contribution in [0, 0.1) is 17.3 Å². The highest BCUT2D eigenvalue weighted by Crippen LogP contribution is 2.58. The van der Waals surface area contributed by atoms with Crippen LogP contribution >= 0.6 is 0 Å². The third kappa shape index (κ3) is 1.94. The number of hydrogen-bond acceptors (Lipinski definition) is 2. The van der Waals surface area contributed by atoms with Crippen LogP contribution in [0.4, 0.5) is 0 Å². The number of carbonyl (C=O) groups is 1. The third-order valence-corrected chi connectivity index (χ3v) is 7.85. The monoisotopic (exact) mass is 312 g/mol. The van der Waals surface area contributed by atoms with Gasteiger partial charge in [-0.2, -0.15) is 0 Å². The number of ether oxygens (including phenoxy) is 1. The molecule has 0 radical (unpaired) electrons. The van der Waals surface area contributed by atoms with Gasteiger partial charge in [0.25, 0.3) is 0 Å². The Labute approximate surface area is 139 Å². The quantitative estimate of drug-likeness (QED) is 0.645. The maximum absolute atomic E-state index is 12.4. The molecule has 0 N–H and O–H groups in total. The first-order valence-corrected chi connectivity index (χ1v) is 9.70. The lowest BCUT2D eigenvalue weighted by Gasteiger charge is -2.47. The Hall–Kier alpha value is -0.890. The number of rotatable bonds is 0. The fourth-order valence-electron chi connectivity index (χ4n) is 6.52. The molecule has 1 saturated carbocycles. The standard InChI is InChI=1S/C21H28O2/c1-20-10-7-16-15-8-11-21(9-2-12-23-21)13-14(15)3-4-17(16)18(20)5-6-19(20)22/h7,17-18H,2-6,8-13H2,1H3/t17-,18+,20+,21?/m1/s1. The van der Waals surface area contributed by atoms with E-state index < -0.39 is 0 Å². The number of carbonyl (C=O) groups excluding carboxylic acids is 1. The van der Waals surface area contributed by atoms with E-state index >= 15 is 0 Å². The Morgan fingerprint density at radius 3 is 2.91 bits per heavy atom. The number of ketones is 1. The van der Waals surface area contributed by atoms with Gasteiger partial charge in [-0.25, -0.2) is 0 Å². The van der Waals surface area contributed by atoms with Crippen molar-refractivity contribution in [1.82, 2.24) is 0 Å². The summed E-state index contributed by atoms with van der Waals surface area (Å²) < 4.78 is 6.17. The van der Waals surface area contributed by atoms with Crippen molar-refractivity contribution in [1.29, 1.82) is 0 Å². The van der Waals surface area contributed by atoms with E-state index in [0.717, 1.165) is 25.9 Å². The molecule has 2 heteroatoms. The van der Waals surface area contributed by atoms with Crippen LogP contribution in [-0.4, -0.2) is 18.0 Å². The van der Waals surface area contributed by atoms with Crippen LogP contribution < -0.4 is 0 Å². The SMILES string of the molecule is C[C@]12CC=C3C4=C(CC[C@H]3[C@@H]1CCC2=O)CC1(CCCO1)CC4. The largest absolute Gasteiger partial charge is 0.375 e. The first-order valence-electron chi connectivity index (χ1n) is 9.70. The third-order valence-electron chi connectivity index (χ3n) is 7.85. The van der Waals surface area contributed by atoms with Crippen molar-refractivity contribution in [3.63, 3.8) is 0 Å². The summed E-state index contributed by atoms with van der Waals surface area (Å²) in [4.78, 5) is 12.4. The topological polar surface area (TPSA) is 26.3 Å². The maximum Gasteiger partial charge on any atom is 0.139 e. The average molecular weight is 312 g/mol. The maximum atomic E-state index is 12.4. The Kier molecular flexibility index (Phi) is 3.03. The van der Waals surface area contributed by atoms with Crippen molar-refractivity contribution in [3.05, 3.63) is 22.8 Å². The van der Waals surface area contributed by atoms with Crippen LogP contribution in [0.1, 0.15) is 71.1 Å². The molecule has 5 rings (SSSR count). The van der Waals surface area contributed by atoms with Crippen molar-refractivity contribution in [3.8, 4) is 0 Å². The van der Waals surface area contributed by atoms with Crippen LogP contribution in [0.25, 0.3) is 0 Å². The molecule has 4 aliphatic carbocycles. The molecule has 0 aromatic carbocycles. The summed E-state index contributed by atoms with van der Waals surface area (Å²) in [5.74, 6) is 1.81. The number of allylic oxidation sites excluding steroid dienone is 3. The molecule has 23 heavy (non-hydrogen) atoms. The highest BCUT2D eigenvalue weighted by Gasteiger charge is 2.53. The van der Waals surface area contributed by atoms with Gasteiger partial charge in [0.2, 0.25) is 0 Å². The predicted molar refractivity (Wildman–Crippen MR) is 90.1 cm³/mol. The molecule has 2 fully saturated rings. The summed E-state index contributed by atoms with van der Waals surface area (Å²) in [6, 6.07) is 0. The first kappa shape index (κ1) is 14.5. The molecule has 124 valence electrons. The molecule has 4 atom stereocenters. The summed E-state index contributed by atoms with van der Waals surface area (Å²) in [6.45, 7) is 3.21. The van der Waals surface area contributed by atoms with E-state index in [-0.39, 0.29) is 11.0 Å². The van der Waals surface area contributed by atoms with Crippen molar-refractivity contribution in [2.75, 3.05) is 6.61 Å². The summed E-state index contributed by atoms with van der Waals surface area (Å²) in [6.07, 6.45) is 14.1. The van der Waals surface area contributed by atoms with Crippen LogP contribution in [0.2, 0.25) is 0 Å². The second-order valence-corrected chi connectivity index (χ2v) is 8.89. The van der Waals surface area contributed by atoms with Crippen molar-refractivity contribution < 1.29 is 9.53 Å². The van der Waals surface area contributed by atoms with E-state index in [1.165, 1.54) is 44.9 Å². The molecule has 1 heterocycles. The normalized spacial score (nSPS) is 45.8. The lowest BCUT2D eigenvalue weighted by atomic mass is 9.58. The fourth-order valence-corrected chi connectivity index (χ4v) is 6.52. The molecule has 2 nitrogen and oxygen atoms in total. The van der Waals surface area contributed by atoms with Gasteiger partial charge < -0.3 is 4.74 Å². The highest BCUT2D eigenvalue weighted by atomic mass is 16.5. The summed E-state index contributed by atoms with van der Waals surface area (Å²) in [5.41, 5.74) is 5.18. The zero-order valence-electron chi connectivity index (χ0n) is 14.3. The number of fused-ring (bicyclic) bond motifs is 4. The van der Waals surface area contributed by atoms with Gasteiger partial charge in [-0.3, -0.25) is 4.79 Å². The van der Waals surface area contributed by atoms with Gasteiger partial charge in [-0.15, -0.1) is 0 Å². The minimum absolute atomic E-state index is 0.0450. The van der Waals surface area contributed by atoms with Crippen molar-refractivity contribution in [2.24, 2.45) is 17.3 Å². The van der Waals surface area contributed by atoms with Gasteiger partial charge in [0, 0.05) is 18.4 Å². The second-order valence-electron chi connectivity index (χ2n) is 8.89. The Morgan fingerprint density at radius 1 is 1.17 bits per heavy atom. The summed E-state index contributed by atoms with van der Waals surface area (Å²) in [5, 5.41) is 0. The molecule has 1 aliphatic heterocycles. The van der Waals surface area contributed by atoms with E-state index in [0.29, 0.717) is 17.6 Å². The molecular formula is C21H28O2. The zero-order chi connectivity index (χ0) is 15.7. The highest BCUT2D eigenvalue weighted by molar-refractivity contribution is 5.87. The molecule has 1 unspecified atom stereocenters. The summed E-state index contributed by atoms with van der Waals surface area (Å²) in [7, 11) is 0. The molecule has 0 aromatic heterocycles. The van der Waals surface area contributed by atoms with E-state index in [2.05, 4.69) is 13.0 Å². The van der Waals surface area contributed by atoms with E-state index in [1.54, 1.807) is 16.7 Å². The van der Waals surface area contributed by atoms with E-state index in [4.69, 9.17) is 4.74 Å². The Morgan fingerprint density at radius 2 is 2.09 bits per heavy atom. The first-order chi connectivity index (χ1) is 11.1. The molecule has 5 aliphatic rings. The van der Waals surface area contributed by atoms with Gasteiger partial charge in [0.05, 0.1) is 5.60 Å². The Balaban J connectivity index is 1.49. The van der Waals surface area contributed by atoms with Crippen LogP contribution in [0.5, 0.6) is 0 Å². The zero-order valence-corrected chi connectivity index (χ0v) is 14.3. The molecule has 1 saturated heterocycles. The molecule has 1 spiro atoms. The van der Waals surface area contributed by atoms with E-state index in [9.17, 15) is 4.79 Å². The molecule has 0 bridgehead atoms. The van der Waals surface area contributed by atoms with Gasteiger partial charge in [-0.05, 0) is 80.8 Å². The Bertz CT molecular complexity index is 620. The van der Waals surface area contributed by atoms with Crippen molar-refractivity contribution in [2.45, 2.75) is 76.7 Å². The lowest BCUT2D eigenvalue weighted by molar-refractivity contribution is -0.127. The van der Waals surface area contributed by atoms with Crippen LogP contribution in [0.15, 0.2) is 22.8 Å². The fraction of sp³-hybridized carbons (Fsp3) is 0.762. The van der Waals surface area contributed by atoms with Crippen molar-refractivity contribution >= 4 is 5.78 Å². The number of Topliss-reactive ketones (excluding diaryl/α,β-unsaturated/α-hetero) is 1. The lowest BCUT2D eigenvalue weighted by Crippen LogP contribution is -2.40.